The summed E-state index contributed by atoms with van der Waals surface area (Å²) in [6.45, 7) is -0.476. The summed E-state index contributed by atoms with van der Waals surface area (Å²) < 4.78 is 5.12. The fourth-order valence-electron chi connectivity index (χ4n) is 4.24. The number of imide groups is 1. The van der Waals surface area contributed by atoms with E-state index in [1.807, 2.05) is 30.3 Å². The number of ether oxygens (including phenoxy) is 1. The Morgan fingerprint density at radius 2 is 1.41 bits per heavy atom. The van der Waals surface area contributed by atoms with Gasteiger partial charge < -0.3 is 4.74 Å². The van der Waals surface area contributed by atoms with Crippen LogP contribution in [0.3, 0.4) is 0 Å². The van der Waals surface area contributed by atoms with E-state index in [4.69, 9.17) is 4.74 Å². The van der Waals surface area contributed by atoms with Crippen LogP contribution >= 0.6 is 0 Å². The van der Waals surface area contributed by atoms with Crippen molar-refractivity contribution in [3.8, 4) is 11.1 Å². The zero-order valence-corrected chi connectivity index (χ0v) is 17.2. The minimum absolute atomic E-state index is 0.0883. The first-order chi connectivity index (χ1) is 15.5. The van der Waals surface area contributed by atoms with Crippen molar-refractivity contribution in [1.29, 1.82) is 0 Å². The number of ketones is 1. The average Bonchev–Trinajstić information content (AvgIpc) is 3.31. The van der Waals surface area contributed by atoms with Crippen molar-refractivity contribution in [3.05, 3.63) is 94.5 Å². The second kappa shape index (κ2) is 7.89. The van der Waals surface area contributed by atoms with Gasteiger partial charge >= 0.3 is 5.97 Å². The van der Waals surface area contributed by atoms with Crippen molar-refractivity contribution < 1.29 is 23.9 Å². The van der Waals surface area contributed by atoms with Crippen LogP contribution in [0.5, 0.6) is 0 Å². The van der Waals surface area contributed by atoms with Gasteiger partial charge in [-0.3, -0.25) is 24.1 Å². The van der Waals surface area contributed by atoms with E-state index in [1.54, 1.807) is 30.3 Å². The van der Waals surface area contributed by atoms with Crippen LogP contribution in [0.25, 0.3) is 11.1 Å². The molecule has 0 saturated heterocycles. The number of esters is 1. The van der Waals surface area contributed by atoms with Crippen LogP contribution < -0.4 is 0 Å². The Hall–Kier alpha value is -4.06. The number of hydrogen-bond donors (Lipinski definition) is 0. The molecule has 0 saturated carbocycles. The number of Topliss-reactive ketones (excluding diaryl/α,β-unsaturated/α-hetero) is 1. The minimum Gasteiger partial charge on any atom is -0.457 e. The van der Waals surface area contributed by atoms with E-state index in [2.05, 4.69) is 6.07 Å². The van der Waals surface area contributed by atoms with Gasteiger partial charge in [-0.1, -0.05) is 48.5 Å². The average molecular weight is 425 g/mol. The first-order valence-electron chi connectivity index (χ1n) is 10.4. The molecule has 0 fully saturated rings. The molecule has 158 valence electrons. The van der Waals surface area contributed by atoms with Crippen LogP contribution in [-0.4, -0.2) is 41.6 Å². The molecule has 0 atom stereocenters. The largest absolute Gasteiger partial charge is 0.457 e. The van der Waals surface area contributed by atoms with Gasteiger partial charge in [0.2, 0.25) is 0 Å². The van der Waals surface area contributed by atoms with Crippen LogP contribution in [0, 0.1) is 0 Å². The predicted octanol–water partition coefficient (Wildman–Crippen LogP) is 3.67. The Balaban J connectivity index is 1.18. The topological polar surface area (TPSA) is 80.8 Å². The SMILES string of the molecule is O=C(CCN1C(=O)c2ccccc2C1=O)OCC(=O)c1ccc2c(c1)-c1ccccc1C2. The van der Waals surface area contributed by atoms with Crippen molar-refractivity contribution >= 4 is 23.6 Å². The Kier molecular flexibility index (Phi) is 4.90. The van der Waals surface area contributed by atoms with Gasteiger partial charge in [-0.05, 0) is 46.9 Å². The molecule has 0 spiro atoms. The number of amides is 2. The van der Waals surface area contributed by atoms with Gasteiger partial charge in [-0.2, -0.15) is 0 Å². The maximum Gasteiger partial charge on any atom is 0.308 e. The van der Waals surface area contributed by atoms with Crippen molar-refractivity contribution in [1.82, 2.24) is 4.90 Å². The summed E-state index contributed by atoms with van der Waals surface area (Å²) in [5.74, 6) is -1.78. The van der Waals surface area contributed by atoms with Gasteiger partial charge in [-0.25, -0.2) is 0 Å². The standard InChI is InChI=1S/C26H19NO5/c28-23(18-10-9-17-13-16-5-1-2-6-19(16)22(17)14-18)15-32-24(29)11-12-27-25(30)20-7-3-4-8-21(20)26(27)31/h1-10,14H,11-13,15H2. The predicted molar refractivity (Wildman–Crippen MR) is 116 cm³/mol. The summed E-state index contributed by atoms with van der Waals surface area (Å²) in [5.41, 5.74) is 5.69. The molecule has 32 heavy (non-hydrogen) atoms. The monoisotopic (exact) mass is 425 g/mol. The molecular weight excluding hydrogens is 406 g/mol. The van der Waals surface area contributed by atoms with Crippen LogP contribution in [-0.2, 0) is 16.0 Å². The van der Waals surface area contributed by atoms with Crippen molar-refractivity contribution in [2.75, 3.05) is 13.2 Å². The van der Waals surface area contributed by atoms with E-state index >= 15 is 0 Å². The summed E-state index contributed by atoms with van der Waals surface area (Å²) in [6, 6.07) is 20.2. The molecule has 6 nitrogen and oxygen atoms in total. The van der Waals surface area contributed by atoms with Gasteiger partial charge in [0.15, 0.2) is 12.4 Å². The van der Waals surface area contributed by atoms with Gasteiger partial charge in [0.05, 0.1) is 17.5 Å². The molecule has 0 unspecified atom stereocenters. The second-order valence-corrected chi connectivity index (χ2v) is 7.85. The maximum absolute atomic E-state index is 12.6. The van der Waals surface area contributed by atoms with E-state index in [0.29, 0.717) is 16.7 Å². The molecule has 3 aromatic rings. The molecule has 6 heteroatoms. The number of fused-ring (bicyclic) bond motifs is 4. The molecular formula is C26H19NO5. The first-order valence-corrected chi connectivity index (χ1v) is 10.4. The Morgan fingerprint density at radius 1 is 0.781 bits per heavy atom. The van der Waals surface area contributed by atoms with E-state index in [1.165, 1.54) is 11.1 Å². The molecule has 2 aliphatic rings. The van der Waals surface area contributed by atoms with Crippen LogP contribution in [0.15, 0.2) is 66.7 Å². The number of rotatable bonds is 6. The Labute approximate surface area is 184 Å². The molecule has 0 bridgehead atoms. The Morgan fingerprint density at radius 3 is 2.12 bits per heavy atom. The summed E-state index contributed by atoms with van der Waals surface area (Å²) in [5, 5.41) is 0. The smallest absolute Gasteiger partial charge is 0.308 e. The molecule has 1 heterocycles. The molecule has 1 aliphatic heterocycles. The zero-order valence-electron chi connectivity index (χ0n) is 17.2. The lowest BCUT2D eigenvalue weighted by Crippen LogP contribution is -2.32. The highest BCUT2D eigenvalue weighted by atomic mass is 16.5. The lowest BCUT2D eigenvalue weighted by molar-refractivity contribution is -0.142. The zero-order chi connectivity index (χ0) is 22.2. The van der Waals surface area contributed by atoms with Gasteiger partial charge in [0.25, 0.3) is 11.8 Å². The molecule has 0 radical (unpaired) electrons. The van der Waals surface area contributed by atoms with E-state index in [9.17, 15) is 19.2 Å². The number of carbonyl (C=O) groups is 4. The minimum atomic E-state index is -0.638. The highest BCUT2D eigenvalue weighted by Gasteiger charge is 2.35. The lowest BCUT2D eigenvalue weighted by atomic mass is 10.0. The fourth-order valence-corrected chi connectivity index (χ4v) is 4.24. The highest BCUT2D eigenvalue weighted by Crippen LogP contribution is 2.36. The third kappa shape index (κ3) is 3.39. The van der Waals surface area contributed by atoms with Gasteiger partial charge in [0.1, 0.15) is 0 Å². The Bertz CT molecular complexity index is 1260. The van der Waals surface area contributed by atoms with Crippen molar-refractivity contribution in [2.45, 2.75) is 12.8 Å². The quantitative estimate of drug-likeness (QED) is 0.268. The second-order valence-electron chi connectivity index (χ2n) is 7.85. The van der Waals surface area contributed by atoms with Crippen LogP contribution in [0.1, 0.15) is 48.6 Å². The third-order valence-corrected chi connectivity index (χ3v) is 5.90. The van der Waals surface area contributed by atoms with Crippen LogP contribution in [0.4, 0.5) is 0 Å². The van der Waals surface area contributed by atoms with Crippen molar-refractivity contribution in [3.63, 3.8) is 0 Å². The maximum atomic E-state index is 12.6. The third-order valence-electron chi connectivity index (χ3n) is 5.90. The molecule has 0 aromatic heterocycles. The summed E-state index contributed by atoms with van der Waals surface area (Å²) in [4.78, 5) is 50.5. The van der Waals surface area contributed by atoms with Crippen molar-refractivity contribution in [2.24, 2.45) is 0 Å². The fraction of sp³-hybridized carbons (Fsp3) is 0.154. The lowest BCUT2D eigenvalue weighted by Gasteiger charge is -2.13. The molecule has 3 aromatic carbocycles. The van der Waals surface area contributed by atoms with E-state index in [-0.39, 0.29) is 25.4 Å². The number of hydrogen-bond acceptors (Lipinski definition) is 5. The summed E-state index contributed by atoms with van der Waals surface area (Å²) >= 11 is 0. The van der Waals surface area contributed by atoms with Gasteiger partial charge in [-0.15, -0.1) is 0 Å². The molecule has 2 amide bonds. The summed E-state index contributed by atoms with van der Waals surface area (Å²) in [7, 11) is 0. The number of nitrogens with zero attached hydrogens (tertiary/aromatic N) is 1. The van der Waals surface area contributed by atoms with Crippen LogP contribution in [0.2, 0.25) is 0 Å². The summed E-state index contributed by atoms with van der Waals surface area (Å²) in [6.07, 6.45) is 0.670. The highest BCUT2D eigenvalue weighted by molar-refractivity contribution is 6.21. The molecule has 5 rings (SSSR count). The van der Waals surface area contributed by atoms with E-state index in [0.717, 1.165) is 22.4 Å². The normalized spacial score (nSPS) is 13.6. The molecule has 0 N–H and O–H groups in total. The first kappa shape index (κ1) is 19.9. The van der Waals surface area contributed by atoms with E-state index < -0.39 is 17.8 Å². The molecule has 1 aliphatic carbocycles. The number of benzene rings is 3. The number of carbonyl (C=O) groups excluding carboxylic acids is 4. The van der Waals surface area contributed by atoms with Gasteiger partial charge in [0, 0.05) is 12.1 Å².